The first-order valence-corrected chi connectivity index (χ1v) is 33.7. The molecule has 0 aliphatic carbocycles. The summed E-state index contributed by atoms with van der Waals surface area (Å²) < 4.78 is 32.9. The van der Waals surface area contributed by atoms with E-state index in [2.05, 4.69) is 26.0 Å². The summed E-state index contributed by atoms with van der Waals surface area (Å²) in [6.07, 6.45) is 70.6. The topological polar surface area (TPSA) is 134 Å². The molecule has 0 aliphatic heterocycles. The Morgan fingerprint density at radius 1 is 0.397 bits per heavy atom. The summed E-state index contributed by atoms with van der Waals surface area (Å²) in [4.78, 5) is 35.0. The van der Waals surface area contributed by atoms with Crippen LogP contribution >= 0.6 is 7.82 Å². The van der Waals surface area contributed by atoms with Gasteiger partial charge in [0.25, 0.3) is 0 Å². The number of phosphoric acid groups is 1. The van der Waals surface area contributed by atoms with E-state index in [1.165, 1.54) is 257 Å². The van der Waals surface area contributed by atoms with Gasteiger partial charge in [0.1, 0.15) is 6.61 Å². The van der Waals surface area contributed by atoms with Crippen molar-refractivity contribution in [2.24, 2.45) is 5.73 Å². The second-order valence-corrected chi connectivity index (χ2v) is 23.4. The average Bonchev–Trinajstić information content (AvgIpc) is 3.38. The summed E-state index contributed by atoms with van der Waals surface area (Å²) in [6, 6.07) is 0. The van der Waals surface area contributed by atoms with Gasteiger partial charge in [-0.1, -0.05) is 315 Å². The van der Waals surface area contributed by atoms with E-state index in [0.717, 1.165) is 57.8 Å². The molecule has 0 aromatic heterocycles. The van der Waals surface area contributed by atoms with E-state index in [1.54, 1.807) is 0 Å². The molecule has 0 radical (unpaired) electrons. The van der Waals surface area contributed by atoms with Crippen LogP contribution in [0.4, 0.5) is 0 Å². The van der Waals surface area contributed by atoms with Gasteiger partial charge in [0.05, 0.1) is 13.2 Å². The van der Waals surface area contributed by atoms with Gasteiger partial charge in [-0.2, -0.15) is 0 Å². The minimum absolute atomic E-state index is 0.0550. The van der Waals surface area contributed by atoms with E-state index >= 15 is 0 Å². The second-order valence-electron chi connectivity index (χ2n) is 22.0. The van der Waals surface area contributed by atoms with Crippen molar-refractivity contribution in [3.63, 3.8) is 0 Å². The number of unbranched alkanes of at least 4 members (excludes halogenated alkanes) is 47. The Labute approximate surface area is 453 Å². The standard InChI is InChI=1S/C63H124NO8P/c1-3-5-7-9-11-13-15-16-17-18-19-20-21-22-23-24-25-26-27-28-29-30-31-32-33-34-35-36-37-38-39-40-41-42-43-44-46-47-49-51-53-55-62(65)69-59-61(60-71-73(67,68)70-58-57-64)72-63(66)56-54-52-50-48-45-14-12-10-8-6-4-2/h10,12,61H,3-9,11,13-60,64H2,1-2H3,(H,67,68)/b12-10-. The molecule has 434 valence electrons. The highest BCUT2D eigenvalue weighted by atomic mass is 31.2. The minimum Gasteiger partial charge on any atom is -0.462 e. The quantitative estimate of drug-likeness (QED) is 0.0264. The first kappa shape index (κ1) is 71.8. The van der Waals surface area contributed by atoms with Gasteiger partial charge in [-0.25, -0.2) is 4.57 Å². The maximum absolute atomic E-state index is 12.6. The van der Waals surface area contributed by atoms with Crippen molar-refractivity contribution in [2.75, 3.05) is 26.4 Å². The normalized spacial score (nSPS) is 13.0. The van der Waals surface area contributed by atoms with Crippen molar-refractivity contribution in [2.45, 2.75) is 354 Å². The third-order valence-electron chi connectivity index (χ3n) is 14.7. The first-order valence-electron chi connectivity index (χ1n) is 32.2. The van der Waals surface area contributed by atoms with Crippen molar-refractivity contribution >= 4 is 19.8 Å². The monoisotopic (exact) mass is 1050 g/mol. The lowest BCUT2D eigenvalue weighted by Crippen LogP contribution is -2.29. The van der Waals surface area contributed by atoms with Crippen molar-refractivity contribution in [3.8, 4) is 0 Å². The number of phosphoric ester groups is 1. The number of carbonyl (C=O) groups excluding carboxylic acids is 2. The molecule has 0 amide bonds. The highest BCUT2D eigenvalue weighted by Gasteiger charge is 2.26. The van der Waals surface area contributed by atoms with E-state index in [4.69, 9.17) is 24.3 Å². The van der Waals surface area contributed by atoms with Crippen LogP contribution < -0.4 is 5.73 Å². The van der Waals surface area contributed by atoms with Crippen molar-refractivity contribution in [3.05, 3.63) is 12.2 Å². The zero-order chi connectivity index (χ0) is 53.1. The van der Waals surface area contributed by atoms with Crippen LogP contribution in [0, 0.1) is 0 Å². The molecule has 2 unspecified atom stereocenters. The molecule has 0 spiro atoms. The molecule has 0 aromatic rings. The lowest BCUT2D eigenvalue weighted by molar-refractivity contribution is -0.161. The molecule has 0 fully saturated rings. The maximum atomic E-state index is 12.6. The van der Waals surface area contributed by atoms with Gasteiger partial charge in [0.15, 0.2) is 6.10 Å². The van der Waals surface area contributed by atoms with Crippen LogP contribution in [-0.2, 0) is 32.7 Å². The predicted molar refractivity (Wildman–Crippen MR) is 312 cm³/mol. The van der Waals surface area contributed by atoms with Crippen LogP contribution in [0.15, 0.2) is 12.2 Å². The molecule has 0 heterocycles. The van der Waals surface area contributed by atoms with Crippen LogP contribution in [0.25, 0.3) is 0 Å². The molecule has 0 saturated carbocycles. The van der Waals surface area contributed by atoms with Crippen molar-refractivity contribution < 1.29 is 37.6 Å². The summed E-state index contributed by atoms with van der Waals surface area (Å²) in [5.74, 6) is -0.823. The number of carbonyl (C=O) groups is 2. The van der Waals surface area contributed by atoms with Crippen molar-refractivity contribution in [1.29, 1.82) is 0 Å². The first-order chi connectivity index (χ1) is 35.8. The van der Waals surface area contributed by atoms with Crippen molar-refractivity contribution in [1.82, 2.24) is 0 Å². The van der Waals surface area contributed by atoms with Gasteiger partial charge >= 0.3 is 19.8 Å². The molecule has 3 N–H and O–H groups in total. The van der Waals surface area contributed by atoms with Crippen LogP contribution in [0.1, 0.15) is 348 Å². The highest BCUT2D eigenvalue weighted by molar-refractivity contribution is 7.47. The second kappa shape index (κ2) is 60.0. The molecule has 0 aliphatic rings. The zero-order valence-corrected chi connectivity index (χ0v) is 49.6. The molecule has 2 atom stereocenters. The number of nitrogens with two attached hydrogens (primary N) is 1. The third kappa shape index (κ3) is 59.8. The van der Waals surface area contributed by atoms with E-state index in [1.807, 2.05) is 0 Å². The average molecular weight is 1050 g/mol. The fourth-order valence-electron chi connectivity index (χ4n) is 9.86. The van der Waals surface area contributed by atoms with Gasteiger partial charge in [-0.15, -0.1) is 0 Å². The van der Waals surface area contributed by atoms with E-state index in [0.29, 0.717) is 6.42 Å². The number of hydrogen-bond acceptors (Lipinski definition) is 8. The zero-order valence-electron chi connectivity index (χ0n) is 48.7. The third-order valence-corrected chi connectivity index (χ3v) is 15.6. The summed E-state index contributed by atoms with van der Waals surface area (Å²) in [6.45, 7) is 3.74. The van der Waals surface area contributed by atoms with Gasteiger partial charge in [0.2, 0.25) is 0 Å². The molecule has 0 saturated heterocycles. The SMILES string of the molecule is CCCC/C=C\CCCCCCCC(=O)OC(COC(=O)CCCCCCCCCCCCCCCCCCCCCCCCCCCCCCCCCCCCCCCCCCC)COP(=O)(O)OCCN. The number of hydrogen-bond donors (Lipinski definition) is 2. The van der Waals surface area contributed by atoms with Gasteiger partial charge in [-0.05, 0) is 32.1 Å². The van der Waals surface area contributed by atoms with Crippen LogP contribution in [0.5, 0.6) is 0 Å². The molecular formula is C63H124NO8P. The summed E-state index contributed by atoms with van der Waals surface area (Å²) in [5, 5.41) is 0. The molecule has 10 heteroatoms. The minimum atomic E-state index is -4.38. The number of allylic oxidation sites excluding steroid dienone is 2. The Morgan fingerprint density at radius 2 is 0.685 bits per heavy atom. The molecular weight excluding hydrogens is 930 g/mol. The predicted octanol–water partition coefficient (Wildman–Crippen LogP) is 20.4. The molecule has 73 heavy (non-hydrogen) atoms. The fraction of sp³-hybridized carbons (Fsp3) is 0.937. The number of ether oxygens (including phenoxy) is 2. The Morgan fingerprint density at radius 3 is 1.01 bits per heavy atom. The van der Waals surface area contributed by atoms with Gasteiger partial charge in [-0.3, -0.25) is 18.6 Å². The molecule has 0 rings (SSSR count). The summed E-state index contributed by atoms with van der Waals surface area (Å²) in [5.41, 5.74) is 5.37. The largest absolute Gasteiger partial charge is 0.472 e. The smallest absolute Gasteiger partial charge is 0.462 e. The van der Waals surface area contributed by atoms with Crippen LogP contribution in [0.2, 0.25) is 0 Å². The van der Waals surface area contributed by atoms with Gasteiger partial charge < -0.3 is 20.1 Å². The van der Waals surface area contributed by atoms with Gasteiger partial charge in [0, 0.05) is 19.4 Å². The summed E-state index contributed by atoms with van der Waals surface area (Å²) >= 11 is 0. The number of esters is 2. The number of rotatable bonds is 62. The fourth-order valence-corrected chi connectivity index (χ4v) is 10.6. The van der Waals surface area contributed by atoms with E-state index in [-0.39, 0.29) is 38.6 Å². The van der Waals surface area contributed by atoms with E-state index in [9.17, 15) is 19.0 Å². The Kier molecular flexibility index (Phi) is 59.0. The Balaban J connectivity index is 3.61. The maximum Gasteiger partial charge on any atom is 0.472 e. The summed E-state index contributed by atoms with van der Waals surface area (Å²) in [7, 11) is -4.38. The van der Waals surface area contributed by atoms with E-state index < -0.39 is 26.5 Å². The highest BCUT2D eigenvalue weighted by Crippen LogP contribution is 2.43. The van der Waals surface area contributed by atoms with Crippen LogP contribution in [-0.4, -0.2) is 49.3 Å². The van der Waals surface area contributed by atoms with Crippen LogP contribution in [0.3, 0.4) is 0 Å². The Bertz CT molecular complexity index is 1200. The Hall–Kier alpha value is -1.25. The lowest BCUT2D eigenvalue weighted by atomic mass is 10.0. The molecule has 0 aromatic carbocycles. The molecule has 0 bridgehead atoms. The molecule has 9 nitrogen and oxygen atoms in total. The lowest BCUT2D eigenvalue weighted by Gasteiger charge is -2.19.